The van der Waals surface area contributed by atoms with E-state index in [9.17, 15) is 39.5 Å². The zero-order valence-corrected chi connectivity index (χ0v) is 24.7. The number of hydrogen-bond acceptors (Lipinski definition) is 13. The van der Waals surface area contributed by atoms with E-state index < -0.39 is 59.4 Å². The first-order valence-electron chi connectivity index (χ1n) is 14.9. The molecule has 0 aromatic rings. The van der Waals surface area contributed by atoms with Crippen molar-refractivity contribution in [3.8, 4) is 0 Å². The molecule has 3 saturated carbocycles. The molecule has 3 fully saturated rings. The first kappa shape index (κ1) is 32.8. The Labute approximate surface area is 249 Å². The summed E-state index contributed by atoms with van der Waals surface area (Å²) in [6.45, 7) is 2.44. The van der Waals surface area contributed by atoms with Gasteiger partial charge in [-0.15, -0.1) is 10.1 Å². The Hall–Kier alpha value is -3.10. The molecular weight excluding hydrogens is 568 g/mol. The zero-order chi connectivity index (χ0) is 31.6. The van der Waals surface area contributed by atoms with Crippen molar-refractivity contribution in [1.29, 1.82) is 0 Å². The Morgan fingerprint density at radius 3 is 2.56 bits per heavy atom. The molecule has 14 heteroatoms. The summed E-state index contributed by atoms with van der Waals surface area (Å²) < 4.78 is 14.7. The fraction of sp³-hybridized carbons (Fsp3) is 0.793. The molecule has 0 aliphatic heterocycles. The van der Waals surface area contributed by atoms with Crippen molar-refractivity contribution in [2.75, 3.05) is 26.4 Å². The lowest BCUT2D eigenvalue weighted by molar-refractivity contribution is -0.757. The van der Waals surface area contributed by atoms with Gasteiger partial charge in [-0.25, -0.2) is 4.79 Å². The van der Waals surface area contributed by atoms with Crippen LogP contribution in [0, 0.1) is 38.7 Å². The van der Waals surface area contributed by atoms with Crippen molar-refractivity contribution in [2.24, 2.45) is 34.3 Å². The van der Waals surface area contributed by atoms with Crippen LogP contribution in [0.15, 0.2) is 11.6 Å². The Morgan fingerprint density at radius 2 is 1.84 bits per heavy atom. The van der Waals surface area contributed by atoms with Gasteiger partial charge >= 0.3 is 12.1 Å². The van der Waals surface area contributed by atoms with Crippen LogP contribution >= 0.6 is 0 Å². The predicted molar refractivity (Wildman–Crippen MR) is 146 cm³/mol. The molecule has 14 nitrogen and oxygen atoms in total. The van der Waals surface area contributed by atoms with Gasteiger partial charge in [-0.2, -0.15) is 0 Å². The summed E-state index contributed by atoms with van der Waals surface area (Å²) in [4.78, 5) is 63.8. The highest BCUT2D eigenvalue weighted by atomic mass is 16.9. The van der Waals surface area contributed by atoms with Crippen molar-refractivity contribution < 1.29 is 53.5 Å². The molecule has 0 aromatic carbocycles. The second-order valence-corrected chi connectivity index (χ2v) is 12.8. The highest BCUT2D eigenvalue weighted by Gasteiger charge is 2.68. The number of ketones is 2. The van der Waals surface area contributed by atoms with E-state index >= 15 is 0 Å². The Balaban J connectivity index is 1.27. The van der Waals surface area contributed by atoms with Gasteiger partial charge < -0.3 is 35.0 Å². The van der Waals surface area contributed by atoms with Crippen LogP contribution in [0.2, 0.25) is 0 Å². The van der Waals surface area contributed by atoms with Crippen LogP contribution in [0.3, 0.4) is 0 Å². The molecule has 240 valence electrons. The first-order chi connectivity index (χ1) is 20.2. The Kier molecular flexibility index (Phi) is 9.82. The maximum absolute atomic E-state index is 13.3. The average molecular weight is 611 g/mol. The number of hydrogen-bond donors (Lipinski definition) is 3. The third kappa shape index (κ3) is 6.41. The van der Waals surface area contributed by atoms with E-state index in [1.165, 1.54) is 0 Å². The quantitative estimate of drug-likeness (QED) is 0.124. The number of allylic oxidation sites excluding steroid dienone is 1. The molecule has 0 bridgehead atoms. The zero-order valence-electron chi connectivity index (χ0n) is 24.7. The van der Waals surface area contributed by atoms with Gasteiger partial charge in [0.1, 0.15) is 18.2 Å². The maximum Gasteiger partial charge on any atom is 0.508 e. The number of Topliss-reactive ketones (excluding diaryl/α,β-unsaturated/α-hetero) is 1. The van der Waals surface area contributed by atoms with Crippen molar-refractivity contribution in [3.05, 3.63) is 21.8 Å². The van der Waals surface area contributed by atoms with E-state index in [2.05, 4.69) is 11.8 Å². The van der Waals surface area contributed by atoms with Crippen LogP contribution in [0.4, 0.5) is 4.79 Å². The molecule has 43 heavy (non-hydrogen) atoms. The van der Waals surface area contributed by atoms with Gasteiger partial charge in [-0.3, -0.25) is 14.4 Å². The molecule has 4 N–H and O–H groups in total. The molecule has 0 spiro atoms. The number of ether oxygens (including phenoxy) is 3. The Bertz CT molecular complexity index is 1160. The van der Waals surface area contributed by atoms with Crippen LogP contribution in [-0.4, -0.2) is 83.2 Å². The van der Waals surface area contributed by atoms with Crippen LogP contribution in [0.5, 0.6) is 0 Å². The van der Waals surface area contributed by atoms with Crippen LogP contribution < -0.4 is 5.73 Å². The number of unbranched alkanes of at least 4 members (excludes halogenated alkanes) is 1. The lowest BCUT2D eigenvalue weighted by Crippen LogP contribution is -2.62. The molecular formula is C29H42N2O12. The second-order valence-electron chi connectivity index (χ2n) is 12.8. The smallest absolute Gasteiger partial charge is 0.464 e. The number of rotatable bonds is 12. The summed E-state index contributed by atoms with van der Waals surface area (Å²) in [6, 6.07) is -1.32. The van der Waals surface area contributed by atoms with Crippen LogP contribution in [-0.2, 0) is 33.4 Å². The van der Waals surface area contributed by atoms with Gasteiger partial charge in [-0.05, 0) is 80.6 Å². The van der Waals surface area contributed by atoms with Crippen LogP contribution in [0.1, 0.15) is 71.6 Å². The Morgan fingerprint density at radius 1 is 1.12 bits per heavy atom. The molecule has 4 aliphatic carbocycles. The van der Waals surface area contributed by atoms with Gasteiger partial charge in [0, 0.05) is 11.8 Å². The fourth-order valence-corrected chi connectivity index (χ4v) is 8.28. The first-order valence-corrected chi connectivity index (χ1v) is 14.9. The van der Waals surface area contributed by atoms with Crippen LogP contribution in [0.25, 0.3) is 0 Å². The van der Waals surface area contributed by atoms with Crippen molar-refractivity contribution in [2.45, 2.75) is 89.4 Å². The summed E-state index contributed by atoms with van der Waals surface area (Å²) in [5, 5.41) is 32.4. The maximum atomic E-state index is 13.3. The standard InChI is InChI=1S/C29H42N2O12/c1-27-9-7-18(32)13-17(27)5-6-19-20-8-10-29(37,28(20,2)14-22(33)24(19)27)23(34)16-42-26(36)41-15-21(30)25(35)40-11-3-4-12-43-31(38)39/h13,19-22,24,33,37H,3-12,14-16,30H2,1-2H3/t19-,20-,21?,22-,24+,27-,28-,29-/m0/s1. The molecule has 0 heterocycles. The predicted octanol–water partition coefficient (Wildman–Crippen LogP) is 1.80. The summed E-state index contributed by atoms with van der Waals surface area (Å²) >= 11 is 0. The molecule has 0 radical (unpaired) electrons. The highest BCUT2D eigenvalue weighted by Crippen LogP contribution is 2.67. The third-order valence-corrected chi connectivity index (χ3v) is 10.5. The minimum atomic E-state index is -1.81. The third-order valence-electron chi connectivity index (χ3n) is 10.5. The van der Waals surface area contributed by atoms with E-state index in [4.69, 9.17) is 19.9 Å². The lowest BCUT2D eigenvalue weighted by Gasteiger charge is -2.60. The number of aliphatic hydroxyl groups excluding tert-OH is 1. The monoisotopic (exact) mass is 610 g/mol. The molecule has 4 aliphatic rings. The molecule has 0 saturated heterocycles. The topological polar surface area (TPSA) is 215 Å². The molecule has 0 aromatic heterocycles. The van der Waals surface area contributed by atoms with Crippen molar-refractivity contribution in [1.82, 2.24) is 0 Å². The summed E-state index contributed by atoms with van der Waals surface area (Å²) in [5.41, 5.74) is 3.72. The number of nitrogens with two attached hydrogens (primary N) is 1. The van der Waals surface area contributed by atoms with E-state index in [0.717, 1.165) is 18.4 Å². The normalized spacial score (nSPS) is 35.4. The lowest BCUT2D eigenvalue weighted by atomic mass is 9.45. The van der Waals surface area contributed by atoms with Gasteiger partial charge in [0.15, 0.2) is 12.4 Å². The average Bonchev–Trinajstić information content (AvgIpc) is 3.22. The molecule has 4 rings (SSSR count). The molecule has 8 atom stereocenters. The van der Waals surface area contributed by atoms with Gasteiger partial charge in [-0.1, -0.05) is 19.4 Å². The molecule has 1 unspecified atom stereocenters. The largest absolute Gasteiger partial charge is 0.508 e. The number of aliphatic hydroxyl groups is 2. The number of fused-ring (bicyclic) bond motifs is 5. The van der Waals surface area contributed by atoms with E-state index in [1.54, 1.807) is 6.08 Å². The van der Waals surface area contributed by atoms with Gasteiger partial charge in [0.25, 0.3) is 5.09 Å². The number of carbonyl (C=O) groups is 4. The summed E-state index contributed by atoms with van der Waals surface area (Å²) in [5.74, 6) is -1.43. The van der Waals surface area contributed by atoms with Gasteiger partial charge in [0.05, 0.1) is 19.3 Å². The second kappa shape index (κ2) is 12.9. The minimum Gasteiger partial charge on any atom is -0.464 e. The van der Waals surface area contributed by atoms with Crippen molar-refractivity contribution in [3.63, 3.8) is 0 Å². The van der Waals surface area contributed by atoms with Crippen molar-refractivity contribution >= 4 is 23.7 Å². The number of esters is 1. The number of carbonyl (C=O) groups excluding carboxylic acids is 4. The van der Waals surface area contributed by atoms with Gasteiger partial charge in [0.2, 0.25) is 5.78 Å². The minimum absolute atomic E-state index is 0.0255. The highest BCUT2D eigenvalue weighted by molar-refractivity contribution is 5.92. The SMILES string of the molecule is C[C@]12CCC(=O)C=C1CC[C@@H]1[C@@H]2[C@@H](O)C[C@@]2(C)[C@H]1CC[C@]2(O)C(=O)COC(=O)OCC(N)C(=O)OCCCCO[N+](=O)[O-]. The van der Waals surface area contributed by atoms with E-state index in [-0.39, 0.29) is 61.4 Å². The van der Waals surface area contributed by atoms with E-state index in [0.29, 0.717) is 25.7 Å². The fourth-order valence-electron chi connectivity index (χ4n) is 8.28. The van der Waals surface area contributed by atoms with E-state index in [1.807, 2.05) is 6.92 Å². The molecule has 0 amide bonds. The number of nitrogens with zero attached hydrogens (tertiary/aromatic N) is 1. The summed E-state index contributed by atoms with van der Waals surface area (Å²) in [7, 11) is 0. The summed E-state index contributed by atoms with van der Waals surface area (Å²) in [6.07, 6.45) is 3.94.